The SMILES string of the molecule is O=CC(c1ccccc1)C1CCOC1. The molecule has 0 aliphatic carbocycles. The van der Waals surface area contributed by atoms with Crippen LogP contribution in [0, 0.1) is 5.92 Å². The van der Waals surface area contributed by atoms with Crippen LogP contribution in [-0.4, -0.2) is 19.5 Å². The van der Waals surface area contributed by atoms with Crippen molar-refractivity contribution in [3.63, 3.8) is 0 Å². The first kappa shape index (κ1) is 9.41. The van der Waals surface area contributed by atoms with Crippen molar-refractivity contribution in [2.45, 2.75) is 12.3 Å². The molecule has 0 amide bonds. The van der Waals surface area contributed by atoms with E-state index >= 15 is 0 Å². The van der Waals surface area contributed by atoms with Gasteiger partial charge in [0.2, 0.25) is 0 Å². The van der Waals surface area contributed by atoms with E-state index in [1.165, 1.54) is 0 Å². The first-order valence-corrected chi connectivity index (χ1v) is 5.00. The van der Waals surface area contributed by atoms with Crippen LogP contribution in [-0.2, 0) is 9.53 Å². The van der Waals surface area contributed by atoms with Crippen LogP contribution in [0.5, 0.6) is 0 Å². The summed E-state index contributed by atoms with van der Waals surface area (Å²) in [6.07, 6.45) is 2.05. The van der Waals surface area contributed by atoms with Gasteiger partial charge in [-0.25, -0.2) is 0 Å². The average molecular weight is 190 g/mol. The van der Waals surface area contributed by atoms with E-state index in [-0.39, 0.29) is 5.92 Å². The molecule has 1 aromatic rings. The average Bonchev–Trinajstić information content (AvgIpc) is 2.74. The molecule has 2 atom stereocenters. The van der Waals surface area contributed by atoms with Crippen LogP contribution >= 0.6 is 0 Å². The van der Waals surface area contributed by atoms with Crippen LogP contribution < -0.4 is 0 Å². The number of rotatable bonds is 3. The summed E-state index contributed by atoms with van der Waals surface area (Å²) in [5.74, 6) is 0.383. The molecule has 74 valence electrons. The smallest absolute Gasteiger partial charge is 0.127 e. The maximum atomic E-state index is 11.0. The van der Waals surface area contributed by atoms with E-state index in [1.54, 1.807) is 0 Å². The van der Waals surface area contributed by atoms with Gasteiger partial charge in [-0.15, -0.1) is 0 Å². The van der Waals surface area contributed by atoms with Gasteiger partial charge < -0.3 is 9.53 Å². The molecule has 2 heteroatoms. The molecular weight excluding hydrogens is 176 g/mol. The van der Waals surface area contributed by atoms with E-state index in [4.69, 9.17) is 4.74 Å². The van der Waals surface area contributed by atoms with Gasteiger partial charge in [0.1, 0.15) is 6.29 Å². The normalized spacial score (nSPS) is 23.3. The molecule has 0 saturated carbocycles. The molecule has 1 aliphatic heterocycles. The second-order valence-corrected chi connectivity index (χ2v) is 3.70. The molecule has 0 N–H and O–H groups in total. The summed E-state index contributed by atoms with van der Waals surface area (Å²) < 4.78 is 5.30. The lowest BCUT2D eigenvalue weighted by Crippen LogP contribution is -2.14. The third-order valence-electron chi connectivity index (χ3n) is 2.80. The minimum absolute atomic E-state index is 0.0127. The number of hydrogen-bond donors (Lipinski definition) is 0. The van der Waals surface area contributed by atoms with Crippen molar-refractivity contribution in [3.8, 4) is 0 Å². The monoisotopic (exact) mass is 190 g/mol. The standard InChI is InChI=1S/C12H14O2/c13-8-12(11-6-7-14-9-11)10-4-2-1-3-5-10/h1-5,8,11-12H,6-7,9H2. The number of carbonyl (C=O) groups excluding carboxylic acids is 1. The molecular formula is C12H14O2. The van der Waals surface area contributed by atoms with Crippen molar-refractivity contribution < 1.29 is 9.53 Å². The fraction of sp³-hybridized carbons (Fsp3) is 0.417. The largest absolute Gasteiger partial charge is 0.381 e. The van der Waals surface area contributed by atoms with Gasteiger partial charge in [0, 0.05) is 12.5 Å². The molecule has 2 nitrogen and oxygen atoms in total. The Hall–Kier alpha value is -1.15. The number of ether oxygens (including phenoxy) is 1. The zero-order chi connectivity index (χ0) is 9.80. The van der Waals surface area contributed by atoms with Gasteiger partial charge in [0.15, 0.2) is 0 Å². The summed E-state index contributed by atoms with van der Waals surface area (Å²) in [7, 11) is 0. The molecule has 0 bridgehead atoms. The van der Waals surface area contributed by atoms with Crippen LogP contribution in [0.15, 0.2) is 30.3 Å². The predicted octanol–water partition coefficient (Wildman–Crippen LogP) is 2.01. The molecule has 2 unspecified atom stereocenters. The minimum Gasteiger partial charge on any atom is -0.381 e. The van der Waals surface area contributed by atoms with Crippen molar-refractivity contribution in [3.05, 3.63) is 35.9 Å². The fourth-order valence-electron chi connectivity index (χ4n) is 1.97. The summed E-state index contributed by atoms with van der Waals surface area (Å²) in [5, 5.41) is 0. The molecule has 0 radical (unpaired) electrons. The van der Waals surface area contributed by atoms with Crippen LogP contribution in [0.4, 0.5) is 0 Å². The van der Waals surface area contributed by atoms with E-state index < -0.39 is 0 Å². The third kappa shape index (κ3) is 1.85. The first-order chi connectivity index (χ1) is 6.92. The van der Waals surface area contributed by atoms with Gasteiger partial charge >= 0.3 is 0 Å². The van der Waals surface area contributed by atoms with E-state index in [9.17, 15) is 4.79 Å². The van der Waals surface area contributed by atoms with Crippen LogP contribution in [0.25, 0.3) is 0 Å². The van der Waals surface area contributed by atoms with E-state index in [0.29, 0.717) is 5.92 Å². The van der Waals surface area contributed by atoms with Crippen LogP contribution in [0.1, 0.15) is 17.9 Å². The molecule has 1 saturated heterocycles. The molecule has 2 rings (SSSR count). The number of carbonyl (C=O) groups is 1. The summed E-state index contributed by atoms with van der Waals surface area (Å²) in [5.41, 5.74) is 1.11. The van der Waals surface area contributed by atoms with Gasteiger partial charge in [-0.05, 0) is 17.9 Å². The molecule has 1 heterocycles. The van der Waals surface area contributed by atoms with Gasteiger partial charge in [-0.2, -0.15) is 0 Å². The Morgan fingerprint density at radius 3 is 2.71 bits per heavy atom. The lowest BCUT2D eigenvalue weighted by molar-refractivity contribution is -0.110. The second-order valence-electron chi connectivity index (χ2n) is 3.70. The number of aldehydes is 1. The lowest BCUT2D eigenvalue weighted by atomic mass is 9.87. The Labute approximate surface area is 83.9 Å². The van der Waals surface area contributed by atoms with E-state index in [2.05, 4.69) is 0 Å². The van der Waals surface area contributed by atoms with E-state index in [1.807, 2.05) is 30.3 Å². The Morgan fingerprint density at radius 1 is 1.36 bits per heavy atom. The number of benzene rings is 1. The highest BCUT2D eigenvalue weighted by molar-refractivity contribution is 5.62. The van der Waals surface area contributed by atoms with Crippen LogP contribution in [0.2, 0.25) is 0 Å². The highest BCUT2D eigenvalue weighted by Gasteiger charge is 2.26. The molecule has 0 spiro atoms. The van der Waals surface area contributed by atoms with Crippen LogP contribution in [0.3, 0.4) is 0 Å². The fourth-order valence-corrected chi connectivity index (χ4v) is 1.97. The van der Waals surface area contributed by atoms with Crippen molar-refractivity contribution >= 4 is 6.29 Å². The summed E-state index contributed by atoms with van der Waals surface area (Å²) in [4.78, 5) is 11.0. The Morgan fingerprint density at radius 2 is 2.14 bits per heavy atom. The Balaban J connectivity index is 2.16. The molecule has 1 aliphatic rings. The maximum absolute atomic E-state index is 11.0. The quantitative estimate of drug-likeness (QED) is 0.681. The maximum Gasteiger partial charge on any atom is 0.127 e. The molecule has 0 aromatic heterocycles. The molecule has 1 fully saturated rings. The minimum atomic E-state index is 0.0127. The lowest BCUT2D eigenvalue weighted by Gasteiger charge is -2.16. The predicted molar refractivity (Wildman–Crippen MR) is 54.2 cm³/mol. The highest BCUT2D eigenvalue weighted by Crippen LogP contribution is 2.28. The van der Waals surface area contributed by atoms with E-state index in [0.717, 1.165) is 31.5 Å². The highest BCUT2D eigenvalue weighted by atomic mass is 16.5. The zero-order valence-corrected chi connectivity index (χ0v) is 8.06. The van der Waals surface area contributed by atoms with Gasteiger partial charge in [0.05, 0.1) is 6.61 Å². The zero-order valence-electron chi connectivity index (χ0n) is 8.06. The molecule has 1 aromatic carbocycles. The van der Waals surface area contributed by atoms with Gasteiger partial charge in [-0.1, -0.05) is 30.3 Å². The third-order valence-corrected chi connectivity index (χ3v) is 2.80. The second kappa shape index (κ2) is 4.38. The van der Waals surface area contributed by atoms with Crippen molar-refractivity contribution in [1.29, 1.82) is 0 Å². The topological polar surface area (TPSA) is 26.3 Å². The Bertz CT molecular complexity index is 288. The van der Waals surface area contributed by atoms with Gasteiger partial charge in [-0.3, -0.25) is 0 Å². The van der Waals surface area contributed by atoms with Crippen molar-refractivity contribution in [2.24, 2.45) is 5.92 Å². The van der Waals surface area contributed by atoms with Crippen molar-refractivity contribution in [1.82, 2.24) is 0 Å². The summed E-state index contributed by atoms with van der Waals surface area (Å²) in [6, 6.07) is 9.94. The molecule has 14 heavy (non-hydrogen) atoms. The Kier molecular flexibility index (Phi) is 2.94. The number of hydrogen-bond acceptors (Lipinski definition) is 2. The first-order valence-electron chi connectivity index (χ1n) is 5.00. The summed E-state index contributed by atoms with van der Waals surface area (Å²) >= 11 is 0. The van der Waals surface area contributed by atoms with Crippen molar-refractivity contribution in [2.75, 3.05) is 13.2 Å². The van der Waals surface area contributed by atoms with Gasteiger partial charge in [0.25, 0.3) is 0 Å². The summed E-state index contributed by atoms with van der Waals surface area (Å²) in [6.45, 7) is 1.51.